The molecule has 0 aromatic heterocycles. The first-order valence-electron chi connectivity index (χ1n) is 2.97. The van der Waals surface area contributed by atoms with Gasteiger partial charge in [-0.25, -0.2) is 4.79 Å². The highest BCUT2D eigenvalue weighted by atomic mass is 16.4. The van der Waals surface area contributed by atoms with Crippen molar-refractivity contribution < 1.29 is 9.90 Å². The lowest BCUT2D eigenvalue weighted by Crippen LogP contribution is -2.24. The van der Waals surface area contributed by atoms with Gasteiger partial charge in [0, 0.05) is 12.8 Å². The Hall–Kier alpha value is -1.52. The van der Waals surface area contributed by atoms with Gasteiger partial charge in [0.2, 0.25) is 0 Å². The van der Waals surface area contributed by atoms with E-state index in [1.807, 2.05) is 0 Å². The first kappa shape index (κ1) is 9.48. The molecule has 0 unspecified atom stereocenters. The van der Waals surface area contributed by atoms with E-state index < -0.39 is 5.97 Å². The van der Waals surface area contributed by atoms with E-state index in [-0.39, 0.29) is 17.1 Å². The van der Waals surface area contributed by atoms with Crippen molar-refractivity contribution in [3.63, 3.8) is 0 Å². The predicted molar refractivity (Wildman–Crippen MR) is 41.3 cm³/mol. The van der Waals surface area contributed by atoms with Gasteiger partial charge in [0.15, 0.2) is 0 Å². The van der Waals surface area contributed by atoms with Crippen molar-refractivity contribution in [2.24, 2.45) is 5.73 Å². The van der Waals surface area contributed by atoms with Crippen molar-refractivity contribution in [3.05, 3.63) is 11.4 Å². The molecule has 0 saturated carbocycles. The summed E-state index contributed by atoms with van der Waals surface area (Å²) in [6.45, 7) is 1.37. The van der Waals surface area contributed by atoms with Gasteiger partial charge in [-0.15, -0.1) is 0 Å². The zero-order valence-electron chi connectivity index (χ0n) is 6.43. The van der Waals surface area contributed by atoms with Gasteiger partial charge in [0.25, 0.3) is 0 Å². The van der Waals surface area contributed by atoms with Crippen molar-refractivity contribution >= 4 is 11.7 Å². The molecule has 0 aromatic carbocycles. The number of carboxylic acid groups (broad SMARTS) is 1. The van der Waals surface area contributed by atoms with Gasteiger partial charge in [-0.3, -0.25) is 0 Å². The van der Waals surface area contributed by atoms with Crippen molar-refractivity contribution in [1.82, 2.24) is 5.32 Å². The van der Waals surface area contributed by atoms with Crippen LogP contribution in [0, 0.1) is 5.41 Å². The van der Waals surface area contributed by atoms with Gasteiger partial charge in [0.1, 0.15) is 11.4 Å². The molecule has 0 aliphatic rings. The average molecular weight is 157 g/mol. The maximum atomic E-state index is 10.4. The van der Waals surface area contributed by atoms with E-state index in [1.165, 1.54) is 14.0 Å². The SMILES string of the molecule is CN/C(N)=C(\C(C)=N)C(=O)O. The molecule has 0 atom stereocenters. The molecule has 0 rings (SSSR count). The molecule has 11 heavy (non-hydrogen) atoms. The fourth-order valence-electron chi connectivity index (χ4n) is 0.603. The summed E-state index contributed by atoms with van der Waals surface area (Å²) in [5, 5.41) is 18.0. The average Bonchev–Trinajstić information content (AvgIpc) is 1.85. The van der Waals surface area contributed by atoms with E-state index in [0.29, 0.717) is 0 Å². The fraction of sp³-hybridized carbons (Fsp3) is 0.333. The molecule has 62 valence electrons. The standard InChI is InChI=1S/C6H11N3O2/c1-3(7)4(6(10)11)5(8)9-2/h7,9H,8H2,1-2H3,(H,10,11)/b5-4+,7-3?. The van der Waals surface area contributed by atoms with Crippen LogP contribution in [-0.4, -0.2) is 23.8 Å². The highest BCUT2D eigenvalue weighted by Crippen LogP contribution is 1.98. The molecule has 5 nitrogen and oxygen atoms in total. The van der Waals surface area contributed by atoms with E-state index in [1.54, 1.807) is 0 Å². The molecule has 0 amide bonds. The summed E-state index contributed by atoms with van der Waals surface area (Å²) in [5.41, 5.74) is 5.01. The first-order valence-corrected chi connectivity index (χ1v) is 2.97. The molecule has 0 aliphatic carbocycles. The minimum atomic E-state index is -1.19. The van der Waals surface area contributed by atoms with Crippen LogP contribution in [0.1, 0.15) is 6.92 Å². The summed E-state index contributed by atoms with van der Waals surface area (Å²) in [6.07, 6.45) is 0. The maximum Gasteiger partial charge on any atom is 0.341 e. The number of hydrogen-bond acceptors (Lipinski definition) is 4. The van der Waals surface area contributed by atoms with E-state index in [2.05, 4.69) is 5.32 Å². The normalized spacial score (nSPS) is 11.8. The summed E-state index contributed by atoms with van der Waals surface area (Å²) in [7, 11) is 1.50. The van der Waals surface area contributed by atoms with Crippen molar-refractivity contribution in [2.75, 3.05) is 7.05 Å². The topological polar surface area (TPSA) is 99.2 Å². The van der Waals surface area contributed by atoms with E-state index in [9.17, 15) is 4.79 Å². The van der Waals surface area contributed by atoms with Crippen molar-refractivity contribution in [1.29, 1.82) is 5.41 Å². The third-order valence-corrected chi connectivity index (χ3v) is 1.13. The largest absolute Gasteiger partial charge is 0.477 e. The number of rotatable bonds is 3. The molecular formula is C6H11N3O2. The molecule has 0 aliphatic heterocycles. The highest BCUT2D eigenvalue weighted by Gasteiger charge is 2.13. The third kappa shape index (κ3) is 2.29. The molecule has 5 heteroatoms. The van der Waals surface area contributed by atoms with Crippen molar-refractivity contribution in [2.45, 2.75) is 6.92 Å². The Balaban J connectivity index is 4.88. The zero-order valence-corrected chi connectivity index (χ0v) is 6.43. The summed E-state index contributed by atoms with van der Waals surface area (Å²) in [6, 6.07) is 0. The minimum Gasteiger partial charge on any atom is -0.477 e. The van der Waals surface area contributed by atoms with Crippen LogP contribution in [0.4, 0.5) is 0 Å². The Bertz CT molecular complexity index is 204. The number of carbonyl (C=O) groups is 1. The molecule has 0 heterocycles. The summed E-state index contributed by atoms with van der Waals surface area (Å²) in [5.74, 6) is -1.19. The molecule has 0 aromatic rings. The second-order valence-corrected chi connectivity index (χ2v) is 1.97. The van der Waals surface area contributed by atoms with Crippen LogP contribution in [0.15, 0.2) is 11.4 Å². The molecular weight excluding hydrogens is 146 g/mol. The lowest BCUT2D eigenvalue weighted by Gasteiger charge is -2.04. The van der Waals surface area contributed by atoms with Gasteiger partial charge >= 0.3 is 5.97 Å². The number of carboxylic acids is 1. The lowest BCUT2D eigenvalue weighted by atomic mass is 10.2. The lowest BCUT2D eigenvalue weighted by molar-refractivity contribution is -0.132. The van der Waals surface area contributed by atoms with Gasteiger partial charge in [-0.2, -0.15) is 0 Å². The van der Waals surface area contributed by atoms with Crippen LogP contribution in [0.25, 0.3) is 0 Å². The second kappa shape index (κ2) is 3.60. The monoisotopic (exact) mass is 157 g/mol. The number of nitrogens with two attached hydrogens (primary N) is 1. The minimum absolute atomic E-state index is 0.00463. The number of aliphatic carboxylic acids is 1. The number of hydrogen-bond donors (Lipinski definition) is 4. The van der Waals surface area contributed by atoms with Gasteiger partial charge in [0.05, 0.1) is 0 Å². The maximum absolute atomic E-state index is 10.4. The van der Waals surface area contributed by atoms with E-state index >= 15 is 0 Å². The van der Waals surface area contributed by atoms with Crippen LogP contribution in [-0.2, 0) is 4.79 Å². The van der Waals surface area contributed by atoms with E-state index in [0.717, 1.165) is 0 Å². The van der Waals surface area contributed by atoms with Crippen LogP contribution >= 0.6 is 0 Å². The van der Waals surface area contributed by atoms with Crippen LogP contribution in [0.5, 0.6) is 0 Å². The van der Waals surface area contributed by atoms with Gasteiger partial charge in [-0.05, 0) is 6.92 Å². The molecule has 0 saturated heterocycles. The zero-order chi connectivity index (χ0) is 9.02. The Labute approximate surface area is 64.4 Å². The molecule has 0 bridgehead atoms. The quantitative estimate of drug-likeness (QED) is 0.328. The van der Waals surface area contributed by atoms with Crippen LogP contribution < -0.4 is 11.1 Å². The predicted octanol–water partition coefficient (Wildman–Crippen LogP) is -0.500. The number of nitrogens with one attached hydrogen (secondary N) is 2. The Kier molecular flexibility index (Phi) is 3.10. The van der Waals surface area contributed by atoms with Gasteiger partial charge < -0.3 is 21.6 Å². The molecule has 0 fully saturated rings. The molecule has 0 spiro atoms. The molecule has 5 N–H and O–H groups in total. The Morgan fingerprint density at radius 2 is 2.09 bits per heavy atom. The van der Waals surface area contributed by atoms with E-state index in [4.69, 9.17) is 16.2 Å². The fourth-order valence-corrected chi connectivity index (χ4v) is 0.603. The second-order valence-electron chi connectivity index (χ2n) is 1.97. The highest BCUT2D eigenvalue weighted by molar-refractivity contribution is 6.17. The Morgan fingerprint density at radius 1 is 1.64 bits per heavy atom. The van der Waals surface area contributed by atoms with Gasteiger partial charge in [-0.1, -0.05) is 0 Å². The summed E-state index contributed by atoms with van der Waals surface area (Å²) < 4.78 is 0. The molecule has 0 radical (unpaired) electrons. The van der Waals surface area contributed by atoms with Crippen molar-refractivity contribution in [3.8, 4) is 0 Å². The van der Waals surface area contributed by atoms with Crippen LogP contribution in [0.3, 0.4) is 0 Å². The third-order valence-electron chi connectivity index (χ3n) is 1.13. The first-order chi connectivity index (χ1) is 5.00. The van der Waals surface area contributed by atoms with Crippen LogP contribution in [0.2, 0.25) is 0 Å². The smallest absolute Gasteiger partial charge is 0.341 e. The summed E-state index contributed by atoms with van der Waals surface area (Å²) >= 11 is 0. The summed E-state index contributed by atoms with van der Waals surface area (Å²) in [4.78, 5) is 10.4. The Morgan fingerprint density at radius 3 is 2.18 bits per heavy atom.